The summed E-state index contributed by atoms with van der Waals surface area (Å²) in [5.41, 5.74) is 0.409. The van der Waals surface area contributed by atoms with Crippen LogP contribution < -0.4 is 5.32 Å². The molecule has 2 heterocycles. The van der Waals surface area contributed by atoms with Gasteiger partial charge in [0.25, 0.3) is 0 Å². The van der Waals surface area contributed by atoms with Crippen LogP contribution in [0.1, 0.15) is 29.9 Å². The van der Waals surface area contributed by atoms with E-state index in [1.165, 1.54) is 18.2 Å². The van der Waals surface area contributed by atoms with Gasteiger partial charge in [-0.05, 0) is 12.5 Å². The zero-order valence-corrected chi connectivity index (χ0v) is 13.1. The molecule has 0 radical (unpaired) electrons. The number of aromatic nitrogens is 2. The van der Waals surface area contributed by atoms with Crippen molar-refractivity contribution in [2.24, 2.45) is 0 Å². The molecule has 0 bridgehead atoms. The Morgan fingerprint density at radius 2 is 2.25 bits per heavy atom. The van der Waals surface area contributed by atoms with Gasteiger partial charge in [0, 0.05) is 12.5 Å². The third kappa shape index (κ3) is 3.52. The second-order valence-corrected chi connectivity index (χ2v) is 5.18. The predicted octanol–water partition coefficient (Wildman–Crippen LogP) is 3.65. The van der Waals surface area contributed by atoms with Crippen molar-refractivity contribution >= 4 is 11.8 Å². The van der Waals surface area contributed by atoms with Gasteiger partial charge in [-0.3, -0.25) is 0 Å². The van der Waals surface area contributed by atoms with Crippen LogP contribution in [0.4, 0.5) is 19.0 Å². The van der Waals surface area contributed by atoms with E-state index in [9.17, 15) is 18.0 Å². The highest BCUT2D eigenvalue weighted by Gasteiger charge is 2.47. The third-order valence-corrected chi connectivity index (χ3v) is 3.62. The van der Waals surface area contributed by atoms with E-state index >= 15 is 0 Å². The molecule has 1 aliphatic rings. The van der Waals surface area contributed by atoms with Crippen molar-refractivity contribution in [1.29, 1.82) is 0 Å². The number of nitrogens with one attached hydrogen (secondary N) is 1. The minimum Gasteiger partial charge on any atom is -0.461 e. The predicted molar refractivity (Wildman–Crippen MR) is 83.8 cm³/mol. The molecule has 130 valence electrons. The number of allylic oxidation sites excluding steroid dienone is 2. The van der Waals surface area contributed by atoms with Crippen molar-refractivity contribution in [1.82, 2.24) is 9.78 Å². The minimum atomic E-state index is -4.51. The normalized spacial score (nSPS) is 20.8. The maximum absolute atomic E-state index is 13.4. The summed E-state index contributed by atoms with van der Waals surface area (Å²) in [6.07, 6.45) is -0.224. The molecule has 1 N–H and O–H groups in total. The monoisotopic (exact) mass is 341 g/mol. The molecule has 1 aromatic rings. The molecule has 2 unspecified atom stereocenters. The van der Waals surface area contributed by atoms with Crippen LogP contribution in [0.3, 0.4) is 0 Å². The molecule has 1 aliphatic heterocycles. The zero-order valence-electron chi connectivity index (χ0n) is 13.1. The van der Waals surface area contributed by atoms with E-state index in [1.54, 1.807) is 13.0 Å². The van der Waals surface area contributed by atoms with E-state index < -0.39 is 24.2 Å². The fourth-order valence-electron chi connectivity index (χ4n) is 2.56. The molecule has 0 spiro atoms. The van der Waals surface area contributed by atoms with Gasteiger partial charge in [-0.2, -0.15) is 18.3 Å². The average Bonchev–Trinajstić information content (AvgIpc) is 2.94. The van der Waals surface area contributed by atoms with Gasteiger partial charge in [0.15, 0.2) is 11.7 Å². The molecule has 0 amide bonds. The number of ether oxygens (including phenoxy) is 1. The first-order chi connectivity index (χ1) is 11.3. The van der Waals surface area contributed by atoms with Crippen molar-refractivity contribution < 1.29 is 22.7 Å². The standard InChI is InChI=1S/C16H18F3N3O2/c1-4-7-10(5-2)11-8-13(16(17,18)19)22-14(20-11)9-12(21-22)15(23)24-6-3/h4-5,7,9,11,13,20H,1-2,6,8H2,3H3. The first kappa shape index (κ1) is 17.8. The maximum Gasteiger partial charge on any atom is 0.410 e. The lowest BCUT2D eigenvalue weighted by molar-refractivity contribution is -0.173. The van der Waals surface area contributed by atoms with E-state index in [-0.39, 0.29) is 24.5 Å². The Bertz CT molecular complexity index is 677. The van der Waals surface area contributed by atoms with Gasteiger partial charge in [-0.1, -0.05) is 31.4 Å². The molecule has 1 aromatic heterocycles. The topological polar surface area (TPSA) is 56.2 Å². The van der Waals surface area contributed by atoms with Crippen LogP contribution in [0, 0.1) is 0 Å². The van der Waals surface area contributed by atoms with Crippen LogP contribution in [-0.2, 0) is 4.74 Å². The van der Waals surface area contributed by atoms with Gasteiger partial charge >= 0.3 is 12.1 Å². The Morgan fingerprint density at radius 1 is 1.54 bits per heavy atom. The van der Waals surface area contributed by atoms with Crippen LogP contribution in [0.5, 0.6) is 0 Å². The lowest BCUT2D eigenvalue weighted by Crippen LogP contribution is -2.39. The van der Waals surface area contributed by atoms with E-state index in [2.05, 4.69) is 23.6 Å². The average molecular weight is 341 g/mol. The summed E-state index contributed by atoms with van der Waals surface area (Å²) in [6.45, 7) is 8.89. The summed E-state index contributed by atoms with van der Waals surface area (Å²) in [4.78, 5) is 11.7. The molecule has 0 saturated heterocycles. The van der Waals surface area contributed by atoms with Crippen LogP contribution in [-0.4, -0.2) is 34.6 Å². The van der Waals surface area contributed by atoms with Crippen LogP contribution in [0.15, 0.2) is 43.0 Å². The summed E-state index contributed by atoms with van der Waals surface area (Å²) in [7, 11) is 0. The van der Waals surface area contributed by atoms with Crippen LogP contribution >= 0.6 is 0 Å². The number of hydrogen-bond acceptors (Lipinski definition) is 4. The van der Waals surface area contributed by atoms with Crippen molar-refractivity contribution in [2.75, 3.05) is 11.9 Å². The van der Waals surface area contributed by atoms with Gasteiger partial charge < -0.3 is 10.1 Å². The lowest BCUT2D eigenvalue weighted by Gasteiger charge is -2.33. The maximum atomic E-state index is 13.4. The summed E-state index contributed by atoms with van der Waals surface area (Å²) in [6, 6.07) is -1.21. The van der Waals surface area contributed by atoms with Crippen LogP contribution in [0.2, 0.25) is 0 Å². The molecule has 0 aromatic carbocycles. The lowest BCUT2D eigenvalue weighted by atomic mass is 9.96. The summed E-state index contributed by atoms with van der Waals surface area (Å²) >= 11 is 0. The van der Waals surface area contributed by atoms with Gasteiger partial charge in [0.2, 0.25) is 0 Å². The Balaban J connectivity index is 2.44. The molecule has 5 nitrogen and oxygen atoms in total. The molecular formula is C16H18F3N3O2. The number of alkyl halides is 3. The largest absolute Gasteiger partial charge is 0.461 e. The summed E-state index contributed by atoms with van der Waals surface area (Å²) in [5.74, 6) is -0.655. The minimum absolute atomic E-state index is 0.105. The molecule has 0 fully saturated rings. The molecule has 2 atom stereocenters. The number of fused-ring (bicyclic) bond motifs is 1. The van der Waals surface area contributed by atoms with Crippen molar-refractivity contribution in [3.63, 3.8) is 0 Å². The molecule has 2 rings (SSSR count). The first-order valence-corrected chi connectivity index (χ1v) is 7.36. The van der Waals surface area contributed by atoms with Crippen molar-refractivity contribution in [3.05, 3.63) is 48.7 Å². The number of hydrogen-bond donors (Lipinski definition) is 1. The van der Waals surface area contributed by atoms with E-state index in [4.69, 9.17) is 4.74 Å². The number of rotatable bonds is 5. The summed E-state index contributed by atoms with van der Waals surface area (Å²) < 4.78 is 45.9. The highest BCUT2D eigenvalue weighted by molar-refractivity contribution is 5.88. The number of carbonyl (C=O) groups excluding carboxylic acids is 1. The van der Waals surface area contributed by atoms with Gasteiger partial charge in [0.1, 0.15) is 5.82 Å². The van der Waals surface area contributed by atoms with E-state index in [0.29, 0.717) is 5.57 Å². The Hall–Kier alpha value is -2.51. The zero-order chi connectivity index (χ0) is 17.9. The highest BCUT2D eigenvalue weighted by Crippen LogP contribution is 2.40. The second kappa shape index (κ2) is 6.94. The van der Waals surface area contributed by atoms with E-state index in [1.807, 2.05) is 0 Å². The molecular weight excluding hydrogens is 323 g/mol. The van der Waals surface area contributed by atoms with Gasteiger partial charge in [-0.15, -0.1) is 0 Å². The molecule has 0 aliphatic carbocycles. The van der Waals surface area contributed by atoms with Crippen molar-refractivity contribution in [3.8, 4) is 0 Å². The van der Waals surface area contributed by atoms with Gasteiger partial charge in [-0.25, -0.2) is 9.48 Å². The smallest absolute Gasteiger partial charge is 0.410 e. The fourth-order valence-corrected chi connectivity index (χ4v) is 2.56. The molecule has 24 heavy (non-hydrogen) atoms. The Kier molecular flexibility index (Phi) is 5.16. The van der Waals surface area contributed by atoms with Gasteiger partial charge in [0.05, 0.1) is 12.6 Å². The molecule has 0 saturated carbocycles. The fraction of sp³-hybridized carbons (Fsp3) is 0.375. The summed E-state index contributed by atoms with van der Waals surface area (Å²) in [5, 5.41) is 6.73. The number of carbonyl (C=O) groups is 1. The Labute approximate surface area is 137 Å². The van der Waals surface area contributed by atoms with E-state index in [0.717, 1.165) is 4.68 Å². The SMILES string of the molecule is C=CC=C(C=C)C1CC(C(F)(F)F)n2nc(C(=O)OCC)cc2N1. The number of halogens is 3. The number of anilines is 1. The number of nitrogens with zero attached hydrogens (tertiary/aromatic N) is 2. The Morgan fingerprint density at radius 3 is 2.79 bits per heavy atom. The second-order valence-electron chi connectivity index (χ2n) is 5.18. The third-order valence-electron chi connectivity index (χ3n) is 3.62. The number of esters is 1. The first-order valence-electron chi connectivity index (χ1n) is 7.36. The van der Waals surface area contributed by atoms with Crippen LogP contribution in [0.25, 0.3) is 0 Å². The van der Waals surface area contributed by atoms with Crippen molar-refractivity contribution in [2.45, 2.75) is 31.6 Å². The quantitative estimate of drug-likeness (QED) is 0.656. The molecule has 8 heteroatoms. The highest BCUT2D eigenvalue weighted by atomic mass is 19.4.